The summed E-state index contributed by atoms with van der Waals surface area (Å²) in [5.74, 6) is 0.485. The highest BCUT2D eigenvalue weighted by atomic mass is 16.8. The summed E-state index contributed by atoms with van der Waals surface area (Å²) in [4.78, 5) is 11.1. The molecule has 0 spiro atoms. The summed E-state index contributed by atoms with van der Waals surface area (Å²) in [6.45, 7) is 2.96. The van der Waals surface area contributed by atoms with Crippen LogP contribution in [0.3, 0.4) is 0 Å². The van der Waals surface area contributed by atoms with Gasteiger partial charge in [-0.05, 0) is 43.9 Å². The summed E-state index contributed by atoms with van der Waals surface area (Å²) in [7, 11) is 0. The van der Waals surface area contributed by atoms with Gasteiger partial charge in [0.1, 0.15) is 11.5 Å². The van der Waals surface area contributed by atoms with Gasteiger partial charge >= 0.3 is 0 Å². The van der Waals surface area contributed by atoms with Crippen LogP contribution in [0.25, 0.3) is 0 Å². The van der Waals surface area contributed by atoms with E-state index in [1.807, 2.05) is 0 Å². The van der Waals surface area contributed by atoms with Gasteiger partial charge in [0.05, 0.1) is 5.56 Å². The number of hydrogen-bond donors (Lipinski definition) is 1. The molecule has 1 aromatic carbocycles. The third-order valence-corrected chi connectivity index (χ3v) is 5.13. The number of carbonyl (C=O) groups is 1. The maximum Gasteiger partial charge on any atom is 0.202 e. The van der Waals surface area contributed by atoms with Gasteiger partial charge in [0, 0.05) is 13.0 Å². The number of aldehydes is 1. The summed E-state index contributed by atoms with van der Waals surface area (Å²) >= 11 is 0. The minimum absolute atomic E-state index is 0.0431. The maximum absolute atomic E-state index is 11.1. The fourth-order valence-electron chi connectivity index (χ4n) is 3.44. The van der Waals surface area contributed by atoms with Gasteiger partial charge in [-0.3, -0.25) is 4.79 Å². The smallest absolute Gasteiger partial charge is 0.202 e. The van der Waals surface area contributed by atoms with E-state index in [1.165, 1.54) is 44.6 Å². The zero-order valence-electron chi connectivity index (χ0n) is 17.2. The molecule has 1 N–H and O–H groups in total. The van der Waals surface area contributed by atoms with E-state index in [0.29, 0.717) is 12.0 Å². The summed E-state index contributed by atoms with van der Waals surface area (Å²) in [6, 6.07) is 4.69. The van der Waals surface area contributed by atoms with Crippen LogP contribution in [0.1, 0.15) is 94.3 Å². The van der Waals surface area contributed by atoms with Crippen LogP contribution in [0, 0.1) is 0 Å². The summed E-state index contributed by atoms with van der Waals surface area (Å²) in [6.07, 6.45) is 13.8. The Morgan fingerprint density at radius 2 is 1.89 bits per heavy atom. The van der Waals surface area contributed by atoms with Crippen molar-refractivity contribution in [3.8, 4) is 11.5 Å². The van der Waals surface area contributed by atoms with Crippen molar-refractivity contribution in [3.63, 3.8) is 0 Å². The standard InChI is InChI=1S/C23H36O5/c1-2-3-4-5-6-7-8-9-13-23(28-22-12-10-11-16-26-22)27-20-14-15-21(25)19(17-20)18-24/h14-15,17-18,22-23,25H,2-13,16H2,1H3. The molecule has 2 rings (SSSR count). The van der Waals surface area contributed by atoms with E-state index >= 15 is 0 Å². The Bertz CT molecular complexity index is 554. The summed E-state index contributed by atoms with van der Waals surface area (Å²) in [5.41, 5.74) is 0.220. The van der Waals surface area contributed by atoms with Crippen molar-refractivity contribution in [2.24, 2.45) is 0 Å². The molecule has 1 aliphatic heterocycles. The molecule has 28 heavy (non-hydrogen) atoms. The lowest BCUT2D eigenvalue weighted by atomic mass is 10.1. The Morgan fingerprint density at radius 1 is 1.14 bits per heavy atom. The number of carbonyl (C=O) groups excluding carboxylic acids is 1. The van der Waals surface area contributed by atoms with Crippen LogP contribution >= 0.6 is 0 Å². The number of aromatic hydroxyl groups is 1. The molecule has 0 bridgehead atoms. The van der Waals surface area contributed by atoms with E-state index in [2.05, 4.69) is 6.92 Å². The normalized spacial score (nSPS) is 18.0. The highest BCUT2D eigenvalue weighted by Crippen LogP contribution is 2.25. The van der Waals surface area contributed by atoms with Crippen LogP contribution in [0.4, 0.5) is 0 Å². The molecule has 2 atom stereocenters. The fraction of sp³-hybridized carbons (Fsp3) is 0.696. The highest BCUT2D eigenvalue weighted by molar-refractivity contribution is 5.79. The van der Waals surface area contributed by atoms with Gasteiger partial charge in [-0.15, -0.1) is 0 Å². The third-order valence-electron chi connectivity index (χ3n) is 5.13. The number of phenols is 1. The van der Waals surface area contributed by atoms with Crippen molar-refractivity contribution in [2.45, 2.75) is 96.6 Å². The van der Waals surface area contributed by atoms with Crippen molar-refractivity contribution >= 4 is 6.29 Å². The fourth-order valence-corrected chi connectivity index (χ4v) is 3.44. The van der Waals surface area contributed by atoms with Crippen LogP contribution in [-0.2, 0) is 9.47 Å². The molecular formula is C23H36O5. The Balaban J connectivity index is 1.81. The number of phenolic OH excluding ortho intramolecular Hbond substituents is 1. The molecule has 0 aromatic heterocycles. The molecule has 1 aromatic rings. The number of rotatable bonds is 14. The van der Waals surface area contributed by atoms with Gasteiger partial charge in [0.2, 0.25) is 6.29 Å². The topological polar surface area (TPSA) is 65.0 Å². The zero-order valence-corrected chi connectivity index (χ0v) is 17.2. The predicted molar refractivity (Wildman–Crippen MR) is 110 cm³/mol. The highest BCUT2D eigenvalue weighted by Gasteiger charge is 2.21. The van der Waals surface area contributed by atoms with Crippen molar-refractivity contribution in [1.82, 2.24) is 0 Å². The first-order valence-corrected chi connectivity index (χ1v) is 10.9. The van der Waals surface area contributed by atoms with E-state index in [4.69, 9.17) is 14.2 Å². The molecule has 0 amide bonds. The second-order valence-corrected chi connectivity index (χ2v) is 7.58. The molecule has 1 saturated heterocycles. The van der Waals surface area contributed by atoms with E-state index in [0.717, 1.165) is 45.1 Å². The van der Waals surface area contributed by atoms with Crippen molar-refractivity contribution in [2.75, 3.05) is 6.61 Å². The molecule has 1 heterocycles. The molecule has 1 aliphatic rings. The van der Waals surface area contributed by atoms with E-state index < -0.39 is 6.29 Å². The van der Waals surface area contributed by atoms with E-state index in [1.54, 1.807) is 12.1 Å². The molecule has 1 fully saturated rings. The Kier molecular flexibility index (Phi) is 11.0. The quantitative estimate of drug-likeness (QED) is 0.239. The average Bonchev–Trinajstić information content (AvgIpc) is 2.72. The zero-order chi connectivity index (χ0) is 20.0. The first-order chi connectivity index (χ1) is 13.7. The van der Waals surface area contributed by atoms with E-state index in [9.17, 15) is 9.90 Å². The molecule has 158 valence electrons. The molecule has 0 radical (unpaired) electrons. The lowest BCUT2D eigenvalue weighted by Gasteiger charge is -2.28. The molecule has 5 nitrogen and oxygen atoms in total. The Morgan fingerprint density at radius 3 is 2.57 bits per heavy atom. The summed E-state index contributed by atoms with van der Waals surface area (Å²) < 4.78 is 17.8. The lowest BCUT2D eigenvalue weighted by molar-refractivity contribution is -0.233. The second-order valence-electron chi connectivity index (χ2n) is 7.58. The first kappa shape index (κ1) is 22.7. The van der Waals surface area contributed by atoms with Crippen molar-refractivity contribution in [1.29, 1.82) is 0 Å². The van der Waals surface area contributed by atoms with Gasteiger partial charge in [0.25, 0.3) is 0 Å². The average molecular weight is 393 g/mol. The second kappa shape index (κ2) is 13.6. The predicted octanol–water partition coefficient (Wildman–Crippen LogP) is 5.98. The Hall–Kier alpha value is -1.59. The number of unbranched alkanes of at least 4 members (excludes halogenated alkanes) is 7. The number of hydrogen-bond acceptors (Lipinski definition) is 5. The lowest BCUT2D eigenvalue weighted by Crippen LogP contribution is -2.31. The molecule has 0 aliphatic carbocycles. The SMILES string of the molecule is CCCCCCCCCCC(Oc1ccc(O)c(C=O)c1)OC1CCCCO1. The maximum atomic E-state index is 11.1. The summed E-state index contributed by atoms with van der Waals surface area (Å²) in [5, 5.41) is 9.67. The van der Waals surface area contributed by atoms with Crippen molar-refractivity contribution < 1.29 is 24.1 Å². The van der Waals surface area contributed by atoms with Gasteiger partial charge in [-0.2, -0.15) is 0 Å². The molecule has 5 heteroatoms. The van der Waals surface area contributed by atoms with Crippen LogP contribution in [0.2, 0.25) is 0 Å². The van der Waals surface area contributed by atoms with E-state index in [-0.39, 0.29) is 17.6 Å². The van der Waals surface area contributed by atoms with Gasteiger partial charge in [0.15, 0.2) is 12.6 Å². The van der Waals surface area contributed by atoms with Gasteiger partial charge < -0.3 is 19.3 Å². The molecule has 0 saturated carbocycles. The Labute approximate surface area is 169 Å². The minimum atomic E-state index is -0.410. The van der Waals surface area contributed by atoms with Crippen molar-refractivity contribution in [3.05, 3.63) is 23.8 Å². The van der Waals surface area contributed by atoms with Crippen LogP contribution in [0.5, 0.6) is 11.5 Å². The third kappa shape index (κ3) is 8.61. The van der Waals surface area contributed by atoms with Crippen LogP contribution in [-0.4, -0.2) is 30.6 Å². The van der Waals surface area contributed by atoms with Gasteiger partial charge in [-0.1, -0.05) is 51.9 Å². The minimum Gasteiger partial charge on any atom is -0.507 e. The van der Waals surface area contributed by atoms with Crippen LogP contribution < -0.4 is 4.74 Å². The number of ether oxygens (including phenoxy) is 3. The monoisotopic (exact) mass is 392 g/mol. The largest absolute Gasteiger partial charge is 0.507 e. The van der Waals surface area contributed by atoms with Gasteiger partial charge in [-0.25, -0.2) is 0 Å². The van der Waals surface area contributed by atoms with Crippen LogP contribution in [0.15, 0.2) is 18.2 Å². The molecule has 2 unspecified atom stereocenters. The first-order valence-electron chi connectivity index (χ1n) is 10.9. The number of benzene rings is 1. The molecular weight excluding hydrogens is 356 g/mol.